The lowest BCUT2D eigenvalue weighted by molar-refractivity contribution is -0.0533. The molecular weight excluding hydrogens is 482 g/mol. The van der Waals surface area contributed by atoms with Crippen molar-refractivity contribution in [2.45, 2.75) is 49.3 Å². The number of benzene rings is 3. The number of rotatable bonds is 6. The Bertz CT molecular complexity index is 1290. The fourth-order valence-electron chi connectivity index (χ4n) is 6.78. The van der Waals surface area contributed by atoms with Gasteiger partial charge in [-0.15, -0.1) is 0 Å². The van der Waals surface area contributed by atoms with Gasteiger partial charge in [-0.05, 0) is 52.8 Å². The van der Waals surface area contributed by atoms with Gasteiger partial charge in [0.2, 0.25) is 5.75 Å². The maximum Gasteiger partial charge on any atom is 0.410 e. The summed E-state index contributed by atoms with van der Waals surface area (Å²) in [7, 11) is 4.69. The van der Waals surface area contributed by atoms with Crippen LogP contribution in [0.25, 0.3) is 11.1 Å². The third-order valence-electron chi connectivity index (χ3n) is 8.52. The minimum absolute atomic E-state index is 0.0185. The molecule has 7 heteroatoms. The number of amides is 1. The van der Waals surface area contributed by atoms with E-state index in [0.29, 0.717) is 42.3 Å². The Morgan fingerprint density at radius 1 is 0.868 bits per heavy atom. The second-order valence-electron chi connectivity index (χ2n) is 10.5. The Balaban J connectivity index is 1.20. The molecule has 2 fully saturated rings. The van der Waals surface area contributed by atoms with E-state index in [9.17, 15) is 9.90 Å². The van der Waals surface area contributed by atoms with E-state index < -0.39 is 5.60 Å². The first-order chi connectivity index (χ1) is 18.5. The Hall–Kier alpha value is -3.71. The van der Waals surface area contributed by atoms with Gasteiger partial charge in [0.05, 0.1) is 26.9 Å². The van der Waals surface area contributed by atoms with Crippen LogP contribution >= 0.6 is 0 Å². The quantitative estimate of drug-likeness (QED) is 0.469. The Morgan fingerprint density at radius 3 is 1.89 bits per heavy atom. The number of carbonyl (C=O) groups excluding carboxylic acids is 1. The van der Waals surface area contributed by atoms with E-state index in [1.165, 1.54) is 22.3 Å². The molecule has 0 spiro atoms. The third kappa shape index (κ3) is 3.88. The highest BCUT2D eigenvalue weighted by Crippen LogP contribution is 2.50. The second-order valence-corrected chi connectivity index (χ2v) is 10.5. The molecule has 2 aliphatic heterocycles. The lowest BCUT2D eigenvalue weighted by atomic mass is 9.80. The van der Waals surface area contributed by atoms with Crippen molar-refractivity contribution in [2.75, 3.05) is 27.9 Å². The molecule has 1 amide bonds. The SMILES string of the molecule is COc1cc(C2(O)CC3CCC(C2)N3C(=O)OCC2c3ccccc3-c3ccccc32)cc(OC)c1OC. The van der Waals surface area contributed by atoms with Crippen LogP contribution in [-0.4, -0.2) is 56.1 Å². The smallest absolute Gasteiger partial charge is 0.410 e. The average Bonchev–Trinajstić information content (AvgIpc) is 3.42. The fraction of sp³-hybridized carbons (Fsp3) is 0.387. The van der Waals surface area contributed by atoms with Crippen LogP contribution in [0.1, 0.15) is 48.3 Å². The van der Waals surface area contributed by atoms with Crippen molar-refractivity contribution in [1.82, 2.24) is 4.90 Å². The Kier molecular flexibility index (Phi) is 6.19. The maximum absolute atomic E-state index is 13.4. The first-order valence-corrected chi connectivity index (χ1v) is 13.1. The number of hydrogen-bond donors (Lipinski definition) is 1. The van der Waals surface area contributed by atoms with Crippen LogP contribution in [0.2, 0.25) is 0 Å². The van der Waals surface area contributed by atoms with Crippen LogP contribution in [0.5, 0.6) is 17.2 Å². The predicted octanol–water partition coefficient (Wildman–Crippen LogP) is 5.48. The topological polar surface area (TPSA) is 77.5 Å². The van der Waals surface area contributed by atoms with Gasteiger partial charge < -0.3 is 29.0 Å². The zero-order valence-corrected chi connectivity index (χ0v) is 22.0. The van der Waals surface area contributed by atoms with Crippen LogP contribution < -0.4 is 14.2 Å². The van der Waals surface area contributed by atoms with Crippen LogP contribution in [0, 0.1) is 0 Å². The molecule has 0 saturated carbocycles. The summed E-state index contributed by atoms with van der Waals surface area (Å²) in [6, 6.07) is 20.1. The van der Waals surface area contributed by atoms with Gasteiger partial charge in [-0.2, -0.15) is 0 Å². The molecule has 7 nitrogen and oxygen atoms in total. The maximum atomic E-state index is 13.4. The monoisotopic (exact) mass is 515 g/mol. The zero-order chi connectivity index (χ0) is 26.4. The number of hydrogen-bond acceptors (Lipinski definition) is 6. The van der Waals surface area contributed by atoms with E-state index >= 15 is 0 Å². The Labute approximate surface area is 222 Å². The van der Waals surface area contributed by atoms with Crippen molar-refractivity contribution in [2.24, 2.45) is 0 Å². The van der Waals surface area contributed by atoms with Gasteiger partial charge in [0.25, 0.3) is 0 Å². The minimum atomic E-state index is -1.11. The molecule has 2 saturated heterocycles. The van der Waals surface area contributed by atoms with Crippen molar-refractivity contribution in [3.63, 3.8) is 0 Å². The van der Waals surface area contributed by atoms with Gasteiger partial charge in [-0.3, -0.25) is 0 Å². The third-order valence-corrected chi connectivity index (χ3v) is 8.52. The summed E-state index contributed by atoms with van der Waals surface area (Å²) >= 11 is 0. The first kappa shape index (κ1) is 24.6. The van der Waals surface area contributed by atoms with Crippen molar-refractivity contribution < 1.29 is 28.8 Å². The van der Waals surface area contributed by atoms with Gasteiger partial charge in [-0.1, -0.05) is 48.5 Å². The number of carbonyl (C=O) groups is 1. The summed E-state index contributed by atoms with van der Waals surface area (Å²) in [5.74, 6) is 1.51. The first-order valence-electron chi connectivity index (χ1n) is 13.1. The van der Waals surface area contributed by atoms with Crippen LogP contribution in [0.4, 0.5) is 4.79 Å². The minimum Gasteiger partial charge on any atom is -0.493 e. The predicted molar refractivity (Wildman–Crippen MR) is 143 cm³/mol. The molecule has 1 N–H and O–H groups in total. The summed E-state index contributed by atoms with van der Waals surface area (Å²) in [6.45, 7) is 0.292. The molecular formula is C31H33NO6. The largest absolute Gasteiger partial charge is 0.493 e. The van der Waals surface area contributed by atoms with Crippen LogP contribution in [-0.2, 0) is 10.3 Å². The van der Waals surface area contributed by atoms with Crippen LogP contribution in [0.3, 0.4) is 0 Å². The highest BCUT2D eigenvalue weighted by molar-refractivity contribution is 5.79. The highest BCUT2D eigenvalue weighted by atomic mass is 16.6. The summed E-state index contributed by atoms with van der Waals surface area (Å²) in [5.41, 5.74) is 4.39. The summed E-state index contributed by atoms with van der Waals surface area (Å²) in [4.78, 5) is 15.3. The van der Waals surface area contributed by atoms with E-state index in [2.05, 4.69) is 24.3 Å². The van der Waals surface area contributed by atoms with Crippen molar-refractivity contribution in [3.8, 4) is 28.4 Å². The lowest BCUT2D eigenvalue weighted by Gasteiger charge is -2.43. The molecule has 3 aromatic carbocycles. The van der Waals surface area contributed by atoms with Gasteiger partial charge in [0.15, 0.2) is 11.5 Å². The molecule has 0 aromatic heterocycles. The summed E-state index contributed by atoms with van der Waals surface area (Å²) in [5, 5.41) is 11.8. The van der Waals surface area contributed by atoms with E-state index in [1.807, 2.05) is 41.3 Å². The van der Waals surface area contributed by atoms with Crippen molar-refractivity contribution in [1.29, 1.82) is 0 Å². The summed E-state index contributed by atoms with van der Waals surface area (Å²) in [6.07, 6.45) is 2.22. The molecule has 6 rings (SSSR count). The lowest BCUT2D eigenvalue weighted by Crippen LogP contribution is -2.52. The van der Waals surface area contributed by atoms with Gasteiger partial charge in [0.1, 0.15) is 6.61 Å². The van der Waals surface area contributed by atoms with Gasteiger partial charge >= 0.3 is 6.09 Å². The molecule has 2 heterocycles. The molecule has 3 aromatic rings. The number of fused-ring (bicyclic) bond motifs is 5. The van der Waals surface area contributed by atoms with Crippen molar-refractivity contribution in [3.05, 3.63) is 77.4 Å². The molecule has 38 heavy (non-hydrogen) atoms. The van der Waals surface area contributed by atoms with E-state index in [0.717, 1.165) is 12.8 Å². The molecule has 0 radical (unpaired) electrons. The van der Waals surface area contributed by atoms with Crippen LogP contribution in [0.15, 0.2) is 60.7 Å². The Morgan fingerprint density at radius 2 is 1.39 bits per heavy atom. The number of piperidine rings is 1. The number of aliphatic hydroxyl groups is 1. The van der Waals surface area contributed by atoms with E-state index in [1.54, 1.807) is 21.3 Å². The molecule has 3 aliphatic rings. The van der Waals surface area contributed by atoms with Crippen molar-refractivity contribution >= 4 is 6.09 Å². The number of nitrogens with zero attached hydrogens (tertiary/aromatic N) is 1. The molecule has 198 valence electrons. The molecule has 1 aliphatic carbocycles. The molecule has 2 bridgehead atoms. The zero-order valence-electron chi connectivity index (χ0n) is 22.0. The summed E-state index contributed by atoms with van der Waals surface area (Å²) < 4.78 is 22.5. The molecule has 2 atom stereocenters. The highest BCUT2D eigenvalue weighted by Gasteiger charge is 2.51. The average molecular weight is 516 g/mol. The fourth-order valence-corrected chi connectivity index (χ4v) is 6.78. The molecule has 2 unspecified atom stereocenters. The number of ether oxygens (including phenoxy) is 4. The normalized spacial score (nSPS) is 23.5. The second kappa shape index (κ2) is 9.55. The van der Waals surface area contributed by atoms with E-state index in [4.69, 9.17) is 18.9 Å². The van der Waals surface area contributed by atoms with Gasteiger partial charge in [0, 0.05) is 30.8 Å². The van der Waals surface area contributed by atoms with E-state index in [-0.39, 0.29) is 24.1 Å². The number of methoxy groups -OCH3 is 3. The standard InChI is InChI=1S/C31H33NO6/c1-35-27-14-19(15-28(36-2)29(27)37-3)31(34)16-20-12-13-21(17-31)32(20)30(33)38-18-26-24-10-6-4-8-22(24)23-9-5-7-11-25(23)26/h4-11,14-15,20-21,26,34H,12-13,16-18H2,1-3H3. The van der Waals surface area contributed by atoms with Gasteiger partial charge in [-0.25, -0.2) is 4.79 Å².